The first-order valence-electron chi connectivity index (χ1n) is 38.6. The Morgan fingerprint density at radius 1 is 0.136 bits per heavy atom. The van der Waals surface area contributed by atoms with E-state index in [0.717, 1.165) is 52.1 Å². The van der Waals surface area contributed by atoms with Gasteiger partial charge in [0.05, 0.1) is 31.8 Å². The monoisotopic (exact) mass is 1150 g/mol. The molecule has 0 aliphatic rings. The summed E-state index contributed by atoms with van der Waals surface area (Å²) in [5.41, 5.74) is -0.242. The third-order valence-corrected chi connectivity index (χ3v) is 18.2. The summed E-state index contributed by atoms with van der Waals surface area (Å²) in [4.78, 5) is 0. The molecule has 0 N–H and O–H groups in total. The standard InChI is InChI=1S/C77H156O4/c1-5-9-13-17-21-25-29-33-37-41-45-49-53-57-61-65-69-78-73-77(74-79-70-66-62-58-54-50-46-42-38-34-30-26-22-18-14-10-6-2,75-80-71-67-63-59-55-51-47-43-39-35-31-27-23-19-15-11-7-3)76-81-72-68-64-60-56-52-48-44-40-36-32-28-24-20-16-12-8-4/h5-76H2,1-4H3. The van der Waals surface area contributed by atoms with Crippen molar-refractivity contribution in [3.8, 4) is 0 Å². The zero-order chi connectivity index (χ0) is 58.2. The van der Waals surface area contributed by atoms with Crippen LogP contribution in [-0.4, -0.2) is 52.9 Å². The Labute approximate surface area is 513 Å². The van der Waals surface area contributed by atoms with Gasteiger partial charge in [0.2, 0.25) is 0 Å². The van der Waals surface area contributed by atoms with Gasteiger partial charge in [0.25, 0.3) is 0 Å². The summed E-state index contributed by atoms with van der Waals surface area (Å²) in [5, 5.41) is 0. The van der Waals surface area contributed by atoms with E-state index in [1.165, 1.54) is 385 Å². The summed E-state index contributed by atoms with van der Waals surface area (Å²) >= 11 is 0. The smallest absolute Gasteiger partial charge is 0.0637 e. The fourth-order valence-electron chi connectivity index (χ4n) is 12.4. The second-order valence-electron chi connectivity index (χ2n) is 26.9. The van der Waals surface area contributed by atoms with E-state index in [2.05, 4.69) is 27.7 Å². The van der Waals surface area contributed by atoms with Crippen LogP contribution in [0.3, 0.4) is 0 Å². The lowest BCUT2D eigenvalue weighted by Gasteiger charge is -2.33. The molecule has 0 amide bonds. The Morgan fingerprint density at radius 3 is 0.346 bits per heavy atom. The Morgan fingerprint density at radius 2 is 0.235 bits per heavy atom. The van der Waals surface area contributed by atoms with Crippen LogP contribution in [0.5, 0.6) is 0 Å². The maximum atomic E-state index is 6.64. The fourth-order valence-corrected chi connectivity index (χ4v) is 12.4. The lowest BCUT2D eigenvalue weighted by molar-refractivity contribution is -0.108. The summed E-state index contributed by atoms with van der Waals surface area (Å²) in [6.45, 7) is 15.4. The minimum absolute atomic E-state index is 0.242. The molecule has 0 aliphatic carbocycles. The molecule has 0 aromatic rings. The summed E-state index contributed by atoms with van der Waals surface area (Å²) < 4.78 is 26.6. The SMILES string of the molecule is CCCCCCCCCCCCCCCCCCOCC(COCCCCCCCCCCCCCCCCCC)(COCCCCCCCCCCCCCCCCCC)COCCCCCCCCCCCCCCCCCC. The second kappa shape index (κ2) is 74.1. The van der Waals surface area contributed by atoms with Crippen molar-refractivity contribution < 1.29 is 18.9 Å². The summed E-state index contributed by atoms with van der Waals surface area (Å²) in [6.07, 6.45) is 89.6. The highest BCUT2D eigenvalue weighted by Gasteiger charge is 2.32. The third-order valence-electron chi connectivity index (χ3n) is 18.2. The van der Waals surface area contributed by atoms with Gasteiger partial charge in [0, 0.05) is 26.4 Å². The van der Waals surface area contributed by atoms with Gasteiger partial charge >= 0.3 is 0 Å². The fraction of sp³-hybridized carbons (Fsp3) is 1.00. The van der Waals surface area contributed by atoms with Crippen molar-refractivity contribution in [2.24, 2.45) is 5.41 Å². The quantitative estimate of drug-likeness (QED) is 0.0569. The molecule has 0 aromatic carbocycles. The van der Waals surface area contributed by atoms with E-state index in [4.69, 9.17) is 18.9 Å². The van der Waals surface area contributed by atoms with Crippen LogP contribution in [0.4, 0.5) is 0 Å². The van der Waals surface area contributed by atoms with Gasteiger partial charge in [-0.05, 0) is 25.7 Å². The third kappa shape index (κ3) is 68.8. The Hall–Kier alpha value is -0.160. The molecule has 0 unspecified atom stereocenters. The maximum Gasteiger partial charge on any atom is 0.0637 e. The highest BCUT2D eigenvalue weighted by Crippen LogP contribution is 2.24. The number of unbranched alkanes of at least 4 members (excludes halogenated alkanes) is 60. The van der Waals surface area contributed by atoms with Gasteiger partial charge in [-0.3, -0.25) is 0 Å². The molecule has 0 fully saturated rings. The highest BCUT2D eigenvalue weighted by molar-refractivity contribution is 4.80. The molecule has 488 valence electrons. The van der Waals surface area contributed by atoms with E-state index in [1.54, 1.807) is 0 Å². The first-order valence-corrected chi connectivity index (χ1v) is 38.6. The van der Waals surface area contributed by atoms with Crippen molar-refractivity contribution in [2.75, 3.05) is 52.9 Å². The van der Waals surface area contributed by atoms with Crippen molar-refractivity contribution in [1.82, 2.24) is 0 Å². The number of rotatable bonds is 76. The van der Waals surface area contributed by atoms with E-state index < -0.39 is 0 Å². The van der Waals surface area contributed by atoms with Gasteiger partial charge in [-0.2, -0.15) is 0 Å². The first kappa shape index (κ1) is 80.8. The molecule has 0 saturated carbocycles. The lowest BCUT2D eigenvalue weighted by atomic mass is 9.92. The van der Waals surface area contributed by atoms with Crippen LogP contribution in [0.15, 0.2) is 0 Å². The molecule has 0 aliphatic heterocycles. The summed E-state index contributed by atoms with van der Waals surface area (Å²) in [6, 6.07) is 0. The Balaban J connectivity index is 4.98. The second-order valence-corrected chi connectivity index (χ2v) is 26.9. The van der Waals surface area contributed by atoms with E-state index in [-0.39, 0.29) is 5.41 Å². The minimum atomic E-state index is -0.242. The van der Waals surface area contributed by atoms with Crippen LogP contribution < -0.4 is 0 Å². The predicted molar refractivity (Wildman–Crippen MR) is 364 cm³/mol. The van der Waals surface area contributed by atoms with E-state index in [1.807, 2.05) is 0 Å². The highest BCUT2D eigenvalue weighted by atomic mass is 16.5. The number of ether oxygens (including phenoxy) is 4. The van der Waals surface area contributed by atoms with E-state index >= 15 is 0 Å². The van der Waals surface area contributed by atoms with Crippen LogP contribution >= 0.6 is 0 Å². The molecule has 0 heterocycles. The molecule has 4 heteroatoms. The van der Waals surface area contributed by atoms with Crippen molar-refractivity contribution in [1.29, 1.82) is 0 Å². The molecule has 4 nitrogen and oxygen atoms in total. The van der Waals surface area contributed by atoms with Crippen molar-refractivity contribution in [2.45, 2.75) is 439 Å². The van der Waals surface area contributed by atoms with Crippen molar-refractivity contribution >= 4 is 0 Å². The van der Waals surface area contributed by atoms with Gasteiger partial charge in [-0.15, -0.1) is 0 Å². The predicted octanol–water partition coefficient (Wildman–Crippen LogP) is 27.1. The van der Waals surface area contributed by atoms with E-state index in [9.17, 15) is 0 Å². The van der Waals surface area contributed by atoms with Gasteiger partial charge in [0.1, 0.15) is 0 Å². The Bertz CT molecular complexity index is 898. The molecule has 0 rings (SSSR count). The van der Waals surface area contributed by atoms with Crippen LogP contribution in [0.1, 0.15) is 439 Å². The largest absolute Gasteiger partial charge is 0.381 e. The molecular formula is C77H156O4. The molecule has 0 aromatic heterocycles. The van der Waals surface area contributed by atoms with Crippen LogP contribution in [0.2, 0.25) is 0 Å². The number of hydrogen-bond donors (Lipinski definition) is 0. The maximum absolute atomic E-state index is 6.64. The lowest BCUT2D eigenvalue weighted by Crippen LogP contribution is -2.42. The van der Waals surface area contributed by atoms with Crippen LogP contribution in [-0.2, 0) is 18.9 Å². The van der Waals surface area contributed by atoms with Crippen LogP contribution in [0, 0.1) is 5.41 Å². The molecule has 0 bridgehead atoms. The average Bonchev–Trinajstić information content (AvgIpc) is 3.47. The van der Waals surface area contributed by atoms with Gasteiger partial charge in [-0.1, -0.05) is 413 Å². The normalized spacial score (nSPS) is 12.0. The number of hydrogen-bond acceptors (Lipinski definition) is 4. The molecule has 0 spiro atoms. The van der Waals surface area contributed by atoms with E-state index in [0.29, 0.717) is 26.4 Å². The molecule has 0 saturated heterocycles. The van der Waals surface area contributed by atoms with Gasteiger partial charge < -0.3 is 18.9 Å². The summed E-state index contributed by atoms with van der Waals surface area (Å²) in [5.74, 6) is 0. The van der Waals surface area contributed by atoms with Crippen molar-refractivity contribution in [3.05, 3.63) is 0 Å². The topological polar surface area (TPSA) is 36.9 Å². The zero-order valence-corrected chi connectivity index (χ0v) is 57.0. The van der Waals surface area contributed by atoms with Crippen molar-refractivity contribution in [3.63, 3.8) is 0 Å². The summed E-state index contributed by atoms with van der Waals surface area (Å²) in [7, 11) is 0. The minimum Gasteiger partial charge on any atom is -0.381 e. The molecule has 81 heavy (non-hydrogen) atoms. The first-order chi connectivity index (χ1) is 40.2. The van der Waals surface area contributed by atoms with Crippen LogP contribution in [0.25, 0.3) is 0 Å². The molecule has 0 atom stereocenters. The Kier molecular flexibility index (Phi) is 73.9. The average molecular weight is 1150 g/mol. The molecule has 0 radical (unpaired) electrons. The molecular weight excluding hydrogens is 989 g/mol. The zero-order valence-electron chi connectivity index (χ0n) is 57.0. The van der Waals surface area contributed by atoms with Gasteiger partial charge in [-0.25, -0.2) is 0 Å². The van der Waals surface area contributed by atoms with Gasteiger partial charge in [0.15, 0.2) is 0 Å².